The van der Waals surface area contributed by atoms with Gasteiger partial charge in [0.25, 0.3) is 0 Å². The summed E-state index contributed by atoms with van der Waals surface area (Å²) in [6, 6.07) is 10.4. The molecule has 0 fully saturated rings. The van der Waals surface area contributed by atoms with Crippen molar-refractivity contribution in [3.05, 3.63) is 43.0 Å². The molecule has 0 amide bonds. The maximum absolute atomic E-state index is 8.89. The van der Waals surface area contributed by atoms with Crippen molar-refractivity contribution >= 4 is 45.2 Å². The summed E-state index contributed by atoms with van der Waals surface area (Å²) in [6.45, 7) is 7.00. The summed E-state index contributed by atoms with van der Waals surface area (Å²) in [5.74, 6) is -2.48. The molecular formula is C15H18O7Pb-3. The molecule has 0 aliphatic carbocycles. The number of carboxylic acids is 3. The number of rotatable bonds is 3. The Hall–Kier alpha value is -1.91. The third-order valence-corrected chi connectivity index (χ3v) is 1.04. The molecule has 0 saturated heterocycles. The molecule has 0 aliphatic rings. The second-order valence-corrected chi connectivity index (χ2v) is 3.30. The van der Waals surface area contributed by atoms with Crippen LogP contribution in [0.4, 0.5) is 0 Å². The minimum atomic E-state index is -1.08. The predicted octanol–water partition coefficient (Wildman–Crippen LogP) is -2.06. The Bertz CT molecular complexity index is 392. The second-order valence-electron chi connectivity index (χ2n) is 3.30. The number of carbonyl (C=O) groups excluding carboxylic acids is 3. The standard InChI is InChI=1S/C9H9O.3C2H4O2.Pb/c1-2-8-10-9-6-4-3-5-7-9;3*1-2(3)4;/h2-6H,1,8H2;3*1H3,(H,3,4);/p-3. The minimum Gasteiger partial charge on any atom is -0.550 e. The second kappa shape index (κ2) is 22.4. The Kier molecular flexibility index (Phi) is 28.4. The Labute approximate surface area is 155 Å². The number of benzene rings is 1. The van der Waals surface area contributed by atoms with Crippen molar-refractivity contribution in [1.29, 1.82) is 0 Å². The van der Waals surface area contributed by atoms with Crippen molar-refractivity contribution in [1.82, 2.24) is 0 Å². The van der Waals surface area contributed by atoms with E-state index in [1.807, 2.05) is 24.3 Å². The van der Waals surface area contributed by atoms with Crippen LogP contribution < -0.4 is 20.1 Å². The first-order valence-corrected chi connectivity index (χ1v) is 5.86. The van der Waals surface area contributed by atoms with Crippen molar-refractivity contribution in [3.63, 3.8) is 0 Å². The van der Waals surface area contributed by atoms with Gasteiger partial charge in [-0.05, 0) is 26.8 Å². The Morgan fingerprint density at radius 2 is 1.48 bits per heavy atom. The first-order valence-electron chi connectivity index (χ1n) is 5.86. The van der Waals surface area contributed by atoms with Crippen LogP contribution in [0.5, 0.6) is 5.75 Å². The van der Waals surface area contributed by atoms with Crippen LogP contribution in [0.2, 0.25) is 0 Å². The monoisotopic (exact) mass is 518 g/mol. The summed E-state index contributed by atoms with van der Waals surface area (Å²) in [4.78, 5) is 26.7. The summed E-state index contributed by atoms with van der Waals surface area (Å²) in [7, 11) is 0. The molecule has 1 rings (SSSR count). The van der Waals surface area contributed by atoms with E-state index in [1.165, 1.54) is 0 Å². The van der Waals surface area contributed by atoms with E-state index in [1.54, 1.807) is 6.08 Å². The first kappa shape index (κ1) is 29.1. The van der Waals surface area contributed by atoms with E-state index in [0.717, 1.165) is 26.5 Å². The van der Waals surface area contributed by atoms with Gasteiger partial charge in [0.2, 0.25) is 0 Å². The Balaban J connectivity index is -0.000000118. The minimum absolute atomic E-state index is 0. The van der Waals surface area contributed by atoms with Gasteiger partial charge in [0, 0.05) is 51.3 Å². The molecule has 0 N–H and O–H groups in total. The van der Waals surface area contributed by atoms with Gasteiger partial charge in [-0.3, -0.25) is 0 Å². The van der Waals surface area contributed by atoms with E-state index in [-0.39, 0.29) is 27.3 Å². The van der Waals surface area contributed by atoms with Crippen LogP contribution in [0.15, 0.2) is 36.9 Å². The van der Waals surface area contributed by atoms with E-state index in [4.69, 9.17) is 34.4 Å². The molecule has 0 aliphatic heterocycles. The van der Waals surface area contributed by atoms with Gasteiger partial charge >= 0.3 is 0 Å². The van der Waals surface area contributed by atoms with Gasteiger partial charge in [-0.2, -0.15) is 0 Å². The van der Waals surface area contributed by atoms with Crippen LogP contribution in [-0.4, -0.2) is 51.8 Å². The molecule has 8 heteroatoms. The Morgan fingerprint density at radius 1 is 1.09 bits per heavy atom. The third-order valence-electron chi connectivity index (χ3n) is 1.04. The Morgan fingerprint density at radius 3 is 1.74 bits per heavy atom. The topological polar surface area (TPSA) is 130 Å². The van der Waals surface area contributed by atoms with Gasteiger partial charge in [0.15, 0.2) is 0 Å². The molecule has 1 aromatic carbocycles. The van der Waals surface area contributed by atoms with Crippen LogP contribution in [0.25, 0.3) is 0 Å². The molecule has 0 bridgehead atoms. The normalized spacial score (nSPS) is 7.09. The first-order chi connectivity index (χ1) is 10.1. The fourth-order valence-corrected chi connectivity index (χ4v) is 0.615. The van der Waals surface area contributed by atoms with Crippen molar-refractivity contribution in [2.24, 2.45) is 0 Å². The summed E-state index contributed by atoms with van der Waals surface area (Å²) in [5.41, 5.74) is 0. The molecule has 23 heavy (non-hydrogen) atoms. The molecule has 0 atom stereocenters. The molecule has 127 valence electrons. The number of carbonyl (C=O) groups is 3. The van der Waals surface area contributed by atoms with Crippen LogP contribution in [0, 0.1) is 6.07 Å². The predicted molar refractivity (Wildman–Crippen MR) is 78.8 cm³/mol. The van der Waals surface area contributed by atoms with Crippen molar-refractivity contribution in [3.8, 4) is 5.75 Å². The summed E-state index contributed by atoms with van der Waals surface area (Å²) in [6.07, 6.45) is 1.71. The quantitative estimate of drug-likeness (QED) is 0.333. The van der Waals surface area contributed by atoms with Crippen LogP contribution >= 0.6 is 0 Å². The zero-order chi connectivity index (χ0) is 18.0. The van der Waals surface area contributed by atoms with E-state index in [9.17, 15) is 0 Å². The van der Waals surface area contributed by atoms with Crippen molar-refractivity contribution in [2.45, 2.75) is 20.8 Å². The summed E-state index contributed by atoms with van der Waals surface area (Å²) < 4.78 is 5.18. The van der Waals surface area contributed by atoms with Crippen LogP contribution in [0.3, 0.4) is 0 Å². The SMILES string of the molecule is C=CCOc1[c]cccc1.CC(=O)[O-].CC(=O)[O-].CC(=O)[O-].[Pb]. The van der Waals surface area contributed by atoms with Gasteiger partial charge < -0.3 is 34.4 Å². The molecule has 0 spiro atoms. The smallest absolute Gasteiger partial charge is 0.127 e. The number of para-hydroxylation sites is 1. The molecule has 0 unspecified atom stereocenters. The molecule has 0 aromatic heterocycles. The van der Waals surface area contributed by atoms with Gasteiger partial charge in [-0.1, -0.05) is 30.9 Å². The maximum Gasteiger partial charge on any atom is 0.127 e. The van der Waals surface area contributed by atoms with Gasteiger partial charge in [0.05, 0.1) is 0 Å². The van der Waals surface area contributed by atoms with E-state index in [2.05, 4.69) is 12.6 Å². The fourth-order valence-electron chi connectivity index (χ4n) is 0.615. The molecule has 5 radical (unpaired) electrons. The van der Waals surface area contributed by atoms with Gasteiger partial charge in [-0.25, -0.2) is 0 Å². The van der Waals surface area contributed by atoms with Crippen LogP contribution in [0.1, 0.15) is 20.8 Å². The molecule has 1 aromatic rings. The number of aliphatic carboxylic acids is 3. The number of hydrogen-bond acceptors (Lipinski definition) is 7. The summed E-state index contributed by atoms with van der Waals surface area (Å²) in [5, 5.41) is 26.7. The molecule has 0 heterocycles. The summed E-state index contributed by atoms with van der Waals surface area (Å²) >= 11 is 0. The molecule has 0 saturated carbocycles. The van der Waals surface area contributed by atoms with E-state index in [0.29, 0.717) is 6.61 Å². The van der Waals surface area contributed by atoms with Gasteiger partial charge in [0.1, 0.15) is 12.4 Å². The average Bonchev–Trinajstić information content (AvgIpc) is 2.35. The number of ether oxygens (including phenoxy) is 1. The van der Waals surface area contributed by atoms with Gasteiger partial charge in [-0.15, -0.1) is 0 Å². The average molecular weight is 518 g/mol. The zero-order valence-corrected chi connectivity index (χ0v) is 17.0. The number of hydrogen-bond donors (Lipinski definition) is 0. The van der Waals surface area contributed by atoms with Crippen molar-refractivity contribution in [2.75, 3.05) is 6.61 Å². The fraction of sp³-hybridized carbons (Fsp3) is 0.267. The zero-order valence-electron chi connectivity index (χ0n) is 13.2. The van der Waals surface area contributed by atoms with E-state index >= 15 is 0 Å². The molecule has 7 nitrogen and oxygen atoms in total. The molecular weight excluding hydrogens is 499 g/mol. The third kappa shape index (κ3) is 64.6. The van der Waals surface area contributed by atoms with Crippen LogP contribution in [-0.2, 0) is 14.4 Å². The number of carboxylic acid groups (broad SMARTS) is 3. The van der Waals surface area contributed by atoms with E-state index < -0.39 is 17.9 Å². The maximum atomic E-state index is 8.89. The van der Waals surface area contributed by atoms with Crippen molar-refractivity contribution < 1.29 is 34.4 Å². The largest absolute Gasteiger partial charge is 0.550 e.